The van der Waals surface area contributed by atoms with Gasteiger partial charge in [0.2, 0.25) is 0 Å². The number of amides is 1. The zero-order chi connectivity index (χ0) is 19.0. The first-order valence-electron chi connectivity index (χ1n) is 8.98. The summed E-state index contributed by atoms with van der Waals surface area (Å²) in [7, 11) is 0. The Kier molecular flexibility index (Phi) is 4.43. The fourth-order valence-corrected chi connectivity index (χ4v) is 3.48. The molecule has 0 saturated heterocycles. The Morgan fingerprint density at radius 1 is 1.22 bits per heavy atom. The van der Waals surface area contributed by atoms with Gasteiger partial charge in [0.25, 0.3) is 5.91 Å². The lowest BCUT2D eigenvalue weighted by Gasteiger charge is -2.32. The number of furan rings is 1. The van der Waals surface area contributed by atoms with Crippen LogP contribution < -0.4 is 4.74 Å². The van der Waals surface area contributed by atoms with E-state index in [0.717, 1.165) is 17.4 Å². The number of rotatable bonds is 4. The highest BCUT2D eigenvalue weighted by Gasteiger charge is 2.30. The van der Waals surface area contributed by atoms with Crippen molar-refractivity contribution >= 4 is 5.91 Å². The monoisotopic (exact) mass is 366 g/mol. The van der Waals surface area contributed by atoms with Gasteiger partial charge in [-0.15, -0.1) is 10.2 Å². The van der Waals surface area contributed by atoms with Gasteiger partial charge in [-0.3, -0.25) is 4.79 Å². The lowest BCUT2D eigenvalue weighted by molar-refractivity contribution is 0.0675. The third-order valence-electron chi connectivity index (χ3n) is 4.85. The van der Waals surface area contributed by atoms with Gasteiger partial charge in [-0.05, 0) is 39.0 Å². The SMILES string of the molecule is Cc1ccc(OCc2occc2C(=O)N2Cc3nnc(C)n3[C@H](C)C2)cc1. The Labute approximate surface area is 157 Å². The molecule has 0 radical (unpaired) electrons. The molecule has 4 rings (SSSR count). The summed E-state index contributed by atoms with van der Waals surface area (Å²) in [6.07, 6.45) is 1.53. The van der Waals surface area contributed by atoms with E-state index in [1.807, 2.05) is 38.1 Å². The fraction of sp³-hybridized carbons (Fsp3) is 0.350. The minimum atomic E-state index is -0.0787. The van der Waals surface area contributed by atoms with Crippen LogP contribution in [0.1, 0.15) is 46.3 Å². The molecule has 0 fully saturated rings. The van der Waals surface area contributed by atoms with Crippen LogP contribution in [0.2, 0.25) is 0 Å². The van der Waals surface area contributed by atoms with Crippen LogP contribution >= 0.6 is 0 Å². The zero-order valence-electron chi connectivity index (χ0n) is 15.7. The van der Waals surface area contributed by atoms with E-state index >= 15 is 0 Å². The van der Waals surface area contributed by atoms with Crippen molar-refractivity contribution < 1.29 is 13.9 Å². The van der Waals surface area contributed by atoms with Crippen molar-refractivity contribution in [1.82, 2.24) is 19.7 Å². The normalized spacial score (nSPS) is 16.3. The number of hydrogen-bond donors (Lipinski definition) is 0. The molecule has 3 heterocycles. The molecule has 0 N–H and O–H groups in total. The van der Waals surface area contributed by atoms with Crippen molar-refractivity contribution in [3.05, 3.63) is 65.1 Å². The van der Waals surface area contributed by atoms with Crippen LogP contribution in [0.4, 0.5) is 0 Å². The van der Waals surface area contributed by atoms with E-state index in [2.05, 4.69) is 21.7 Å². The molecule has 140 valence electrons. The van der Waals surface area contributed by atoms with Gasteiger partial charge in [-0.1, -0.05) is 17.7 Å². The molecule has 7 heteroatoms. The summed E-state index contributed by atoms with van der Waals surface area (Å²) in [4.78, 5) is 14.8. The van der Waals surface area contributed by atoms with Crippen molar-refractivity contribution in [1.29, 1.82) is 0 Å². The lowest BCUT2D eigenvalue weighted by atomic mass is 10.1. The predicted octanol–water partition coefficient (Wildman–Crippen LogP) is 3.28. The number of ether oxygens (including phenoxy) is 1. The molecule has 1 atom stereocenters. The van der Waals surface area contributed by atoms with E-state index in [1.165, 1.54) is 11.8 Å². The Morgan fingerprint density at radius 2 is 2.00 bits per heavy atom. The maximum absolute atomic E-state index is 13.1. The van der Waals surface area contributed by atoms with Gasteiger partial charge in [0.05, 0.1) is 24.4 Å². The number of aryl methyl sites for hydroxylation is 2. The minimum absolute atomic E-state index is 0.0787. The average Bonchev–Trinajstić information content (AvgIpc) is 3.27. The van der Waals surface area contributed by atoms with E-state index in [-0.39, 0.29) is 18.6 Å². The third-order valence-corrected chi connectivity index (χ3v) is 4.85. The first kappa shape index (κ1) is 17.3. The number of benzene rings is 1. The van der Waals surface area contributed by atoms with E-state index < -0.39 is 0 Å². The fourth-order valence-electron chi connectivity index (χ4n) is 3.48. The van der Waals surface area contributed by atoms with E-state index in [1.54, 1.807) is 11.0 Å². The van der Waals surface area contributed by atoms with Gasteiger partial charge in [0.1, 0.15) is 18.2 Å². The second kappa shape index (κ2) is 6.90. The molecule has 1 amide bonds. The van der Waals surface area contributed by atoms with Crippen molar-refractivity contribution in [2.24, 2.45) is 0 Å². The van der Waals surface area contributed by atoms with Crippen LogP contribution in [0.25, 0.3) is 0 Å². The summed E-state index contributed by atoms with van der Waals surface area (Å²) >= 11 is 0. The van der Waals surface area contributed by atoms with Crippen molar-refractivity contribution in [2.45, 2.75) is 40.0 Å². The van der Waals surface area contributed by atoms with Crippen molar-refractivity contribution in [2.75, 3.05) is 6.54 Å². The largest absolute Gasteiger partial charge is 0.486 e. The molecule has 0 bridgehead atoms. The van der Waals surface area contributed by atoms with Crippen LogP contribution in [0.5, 0.6) is 5.75 Å². The minimum Gasteiger partial charge on any atom is -0.486 e. The van der Waals surface area contributed by atoms with Gasteiger partial charge >= 0.3 is 0 Å². The molecule has 7 nitrogen and oxygen atoms in total. The van der Waals surface area contributed by atoms with Crippen LogP contribution in [0, 0.1) is 13.8 Å². The highest BCUT2D eigenvalue weighted by molar-refractivity contribution is 5.95. The molecule has 0 spiro atoms. The smallest absolute Gasteiger partial charge is 0.258 e. The summed E-state index contributed by atoms with van der Waals surface area (Å²) in [5, 5.41) is 8.33. The summed E-state index contributed by atoms with van der Waals surface area (Å²) < 4.78 is 13.4. The van der Waals surface area contributed by atoms with Gasteiger partial charge < -0.3 is 18.6 Å². The molecule has 0 unspecified atom stereocenters. The second-order valence-corrected chi connectivity index (χ2v) is 6.93. The second-order valence-electron chi connectivity index (χ2n) is 6.93. The predicted molar refractivity (Wildman–Crippen MR) is 98.4 cm³/mol. The molecular weight excluding hydrogens is 344 g/mol. The highest BCUT2D eigenvalue weighted by atomic mass is 16.5. The standard InChI is InChI=1S/C20H22N4O3/c1-13-4-6-16(7-5-13)27-12-18-17(8-9-26-18)20(25)23-10-14(2)24-15(3)21-22-19(24)11-23/h4-9,14H,10-12H2,1-3H3/t14-/m1/s1. The van der Waals surface area contributed by atoms with Crippen molar-refractivity contribution in [3.63, 3.8) is 0 Å². The summed E-state index contributed by atoms with van der Waals surface area (Å²) in [5.41, 5.74) is 1.69. The molecule has 1 aromatic carbocycles. The van der Waals surface area contributed by atoms with Gasteiger partial charge in [-0.25, -0.2) is 0 Å². The van der Waals surface area contributed by atoms with Crippen LogP contribution in [0.3, 0.4) is 0 Å². The van der Waals surface area contributed by atoms with Crippen LogP contribution in [0.15, 0.2) is 41.0 Å². The molecule has 3 aromatic rings. The van der Waals surface area contributed by atoms with E-state index in [4.69, 9.17) is 9.15 Å². The third kappa shape index (κ3) is 3.32. The molecule has 2 aromatic heterocycles. The topological polar surface area (TPSA) is 73.4 Å². The summed E-state index contributed by atoms with van der Waals surface area (Å²) in [5.74, 6) is 2.87. The quantitative estimate of drug-likeness (QED) is 0.708. The maximum atomic E-state index is 13.1. The highest BCUT2D eigenvalue weighted by Crippen LogP contribution is 2.24. The number of aromatic nitrogens is 3. The zero-order valence-corrected chi connectivity index (χ0v) is 15.7. The van der Waals surface area contributed by atoms with Crippen LogP contribution in [-0.2, 0) is 13.2 Å². The molecule has 1 aliphatic heterocycles. The molecular formula is C20H22N4O3. The Bertz CT molecular complexity index is 958. The van der Waals surface area contributed by atoms with Crippen molar-refractivity contribution in [3.8, 4) is 5.75 Å². The Hall–Kier alpha value is -3.09. The Morgan fingerprint density at radius 3 is 2.78 bits per heavy atom. The number of carbonyl (C=O) groups excluding carboxylic acids is 1. The molecule has 0 aliphatic carbocycles. The van der Waals surface area contributed by atoms with Crippen LogP contribution in [-0.4, -0.2) is 32.1 Å². The number of fused-ring (bicyclic) bond motifs is 1. The lowest BCUT2D eigenvalue weighted by Crippen LogP contribution is -2.40. The molecule has 27 heavy (non-hydrogen) atoms. The molecule has 0 saturated carbocycles. The summed E-state index contributed by atoms with van der Waals surface area (Å²) in [6, 6.07) is 9.61. The maximum Gasteiger partial charge on any atom is 0.258 e. The van der Waals surface area contributed by atoms with E-state index in [9.17, 15) is 4.79 Å². The van der Waals surface area contributed by atoms with Gasteiger partial charge in [0.15, 0.2) is 11.6 Å². The van der Waals surface area contributed by atoms with Gasteiger partial charge in [0, 0.05) is 6.54 Å². The number of carbonyl (C=O) groups is 1. The van der Waals surface area contributed by atoms with E-state index in [0.29, 0.717) is 24.4 Å². The Balaban J connectivity index is 1.49. The first-order chi connectivity index (χ1) is 13.0. The number of nitrogens with zero attached hydrogens (tertiary/aromatic N) is 4. The molecule has 1 aliphatic rings. The first-order valence-corrected chi connectivity index (χ1v) is 8.98. The average molecular weight is 366 g/mol. The number of hydrogen-bond acceptors (Lipinski definition) is 5. The summed E-state index contributed by atoms with van der Waals surface area (Å²) in [6.45, 7) is 7.27. The van der Waals surface area contributed by atoms with Gasteiger partial charge in [-0.2, -0.15) is 0 Å².